The molecule has 31 heavy (non-hydrogen) atoms. The predicted molar refractivity (Wildman–Crippen MR) is 122 cm³/mol. The van der Waals surface area contributed by atoms with Crippen LogP contribution in [0, 0.1) is 0 Å². The zero-order valence-corrected chi connectivity index (χ0v) is 18.3. The summed E-state index contributed by atoms with van der Waals surface area (Å²) in [5, 5.41) is 8.10. The topological polar surface area (TPSA) is 102 Å². The van der Waals surface area contributed by atoms with Gasteiger partial charge < -0.3 is 20.5 Å². The molecule has 1 aliphatic heterocycles. The van der Waals surface area contributed by atoms with Gasteiger partial charge in [-0.15, -0.1) is 0 Å². The molecule has 0 radical (unpaired) electrons. The maximum Gasteiger partial charge on any atom is 0.230 e. The quantitative estimate of drug-likeness (QED) is 0.513. The van der Waals surface area contributed by atoms with Crippen LogP contribution in [0.4, 0.5) is 11.9 Å². The van der Waals surface area contributed by atoms with E-state index in [0.717, 1.165) is 59.7 Å². The van der Waals surface area contributed by atoms with Crippen molar-refractivity contribution in [2.24, 2.45) is 12.8 Å². The number of hydrogen-bond acceptors (Lipinski definition) is 7. The number of anilines is 2. The maximum atomic E-state index is 6.10. The molecule has 0 aliphatic carbocycles. The van der Waals surface area contributed by atoms with Gasteiger partial charge in [-0.2, -0.15) is 19.6 Å². The number of nitrogens with one attached hydrogen (secondary N) is 1. The van der Waals surface area contributed by atoms with Gasteiger partial charge in [0.1, 0.15) is 0 Å². The summed E-state index contributed by atoms with van der Waals surface area (Å²) in [7, 11) is 2.02. The summed E-state index contributed by atoms with van der Waals surface area (Å²) in [5.74, 6) is 1.76. The zero-order valence-electron chi connectivity index (χ0n) is 18.3. The molecule has 0 spiro atoms. The summed E-state index contributed by atoms with van der Waals surface area (Å²) in [6.45, 7) is 6.68. The number of piperidine rings is 1. The summed E-state index contributed by atoms with van der Waals surface area (Å²) in [6, 6.07) is 6.45. The number of fused-ring (bicyclic) bond motifs is 2. The lowest BCUT2D eigenvalue weighted by Gasteiger charge is -2.30. The van der Waals surface area contributed by atoms with Crippen molar-refractivity contribution in [1.82, 2.24) is 29.1 Å². The molecule has 1 saturated heterocycles. The molecular weight excluding hydrogens is 390 g/mol. The first-order valence-corrected chi connectivity index (χ1v) is 10.9. The van der Waals surface area contributed by atoms with Crippen LogP contribution in [-0.2, 0) is 13.6 Å². The van der Waals surface area contributed by atoms with Crippen LogP contribution in [0.25, 0.3) is 16.7 Å². The van der Waals surface area contributed by atoms with E-state index in [0.29, 0.717) is 18.4 Å². The Morgan fingerprint density at radius 3 is 2.77 bits per heavy atom. The standard InChI is InChI=1S/C22H29N9/c1-14(2)17-12-26-31-20(17)27-22(30-9-7-16(23)8-10-30)28-21(31)24-11-15-5-4-6-18-19(15)29(3)13-25-18/h4-6,12-14,16H,7-11,23H2,1-3H3,(H,24,27,28). The van der Waals surface area contributed by atoms with E-state index in [2.05, 4.69) is 44.8 Å². The second-order valence-electron chi connectivity index (χ2n) is 8.66. The average molecular weight is 420 g/mol. The summed E-state index contributed by atoms with van der Waals surface area (Å²) in [4.78, 5) is 16.5. The third kappa shape index (κ3) is 3.59. The van der Waals surface area contributed by atoms with E-state index >= 15 is 0 Å². The van der Waals surface area contributed by atoms with Crippen molar-refractivity contribution in [2.45, 2.75) is 45.2 Å². The molecule has 3 aromatic heterocycles. The normalized spacial score (nSPS) is 15.5. The molecule has 0 amide bonds. The molecule has 9 nitrogen and oxygen atoms in total. The minimum atomic E-state index is 0.262. The lowest BCUT2D eigenvalue weighted by Crippen LogP contribution is -2.40. The average Bonchev–Trinajstić information content (AvgIpc) is 3.37. The third-order valence-electron chi connectivity index (χ3n) is 6.09. The Balaban J connectivity index is 1.52. The number of para-hydroxylation sites is 1. The van der Waals surface area contributed by atoms with Crippen LogP contribution in [0.2, 0.25) is 0 Å². The van der Waals surface area contributed by atoms with Gasteiger partial charge in [0.15, 0.2) is 5.65 Å². The summed E-state index contributed by atoms with van der Waals surface area (Å²) in [6.07, 6.45) is 5.66. The summed E-state index contributed by atoms with van der Waals surface area (Å²) < 4.78 is 3.87. The fraction of sp³-hybridized carbons (Fsp3) is 0.455. The molecule has 3 N–H and O–H groups in total. The van der Waals surface area contributed by atoms with Gasteiger partial charge in [-0.25, -0.2) is 4.98 Å². The number of aryl methyl sites for hydroxylation is 1. The summed E-state index contributed by atoms with van der Waals surface area (Å²) in [5.41, 5.74) is 11.3. The minimum Gasteiger partial charge on any atom is -0.350 e. The third-order valence-corrected chi connectivity index (χ3v) is 6.09. The SMILES string of the molecule is CC(C)c1cnn2c(NCc3cccc4ncn(C)c34)nc(N3CCC(N)CC3)nc12. The van der Waals surface area contributed by atoms with Crippen LogP contribution in [-0.4, -0.2) is 48.3 Å². The molecule has 1 aromatic carbocycles. The summed E-state index contributed by atoms with van der Waals surface area (Å²) >= 11 is 0. The van der Waals surface area contributed by atoms with Crippen molar-refractivity contribution in [1.29, 1.82) is 0 Å². The van der Waals surface area contributed by atoms with Crippen LogP contribution in [0.3, 0.4) is 0 Å². The number of aromatic nitrogens is 6. The highest BCUT2D eigenvalue weighted by molar-refractivity contribution is 5.79. The number of nitrogens with zero attached hydrogens (tertiary/aromatic N) is 7. The van der Waals surface area contributed by atoms with Crippen LogP contribution in [0.15, 0.2) is 30.7 Å². The molecule has 0 atom stereocenters. The number of hydrogen-bond donors (Lipinski definition) is 2. The van der Waals surface area contributed by atoms with Gasteiger partial charge in [0.25, 0.3) is 0 Å². The first kappa shape index (κ1) is 19.7. The van der Waals surface area contributed by atoms with Gasteiger partial charge in [0, 0.05) is 38.3 Å². The molecular formula is C22H29N9. The predicted octanol–water partition coefficient (Wildman–Crippen LogP) is 2.67. The van der Waals surface area contributed by atoms with Gasteiger partial charge in [0.05, 0.1) is 23.6 Å². The maximum absolute atomic E-state index is 6.10. The lowest BCUT2D eigenvalue weighted by molar-refractivity contribution is 0.495. The van der Waals surface area contributed by atoms with Crippen LogP contribution >= 0.6 is 0 Å². The van der Waals surface area contributed by atoms with Crippen LogP contribution in [0.1, 0.15) is 43.7 Å². The molecule has 1 aliphatic rings. The van der Waals surface area contributed by atoms with Crippen molar-refractivity contribution in [3.05, 3.63) is 41.9 Å². The fourth-order valence-corrected chi connectivity index (χ4v) is 4.26. The first-order chi connectivity index (χ1) is 15.0. The largest absolute Gasteiger partial charge is 0.350 e. The van der Waals surface area contributed by atoms with Crippen molar-refractivity contribution >= 4 is 28.6 Å². The van der Waals surface area contributed by atoms with E-state index in [4.69, 9.17) is 15.7 Å². The highest BCUT2D eigenvalue weighted by Gasteiger charge is 2.22. The van der Waals surface area contributed by atoms with Gasteiger partial charge in [-0.1, -0.05) is 26.0 Å². The van der Waals surface area contributed by atoms with Crippen molar-refractivity contribution in [3.63, 3.8) is 0 Å². The molecule has 0 saturated carbocycles. The minimum absolute atomic E-state index is 0.262. The van der Waals surface area contributed by atoms with Gasteiger partial charge >= 0.3 is 0 Å². The van der Waals surface area contributed by atoms with Gasteiger partial charge in [-0.3, -0.25) is 0 Å². The molecule has 9 heteroatoms. The Labute approximate surface area is 181 Å². The monoisotopic (exact) mass is 419 g/mol. The second kappa shape index (κ2) is 7.81. The molecule has 0 bridgehead atoms. The van der Waals surface area contributed by atoms with E-state index in [1.807, 2.05) is 36.2 Å². The lowest BCUT2D eigenvalue weighted by atomic mass is 10.1. The van der Waals surface area contributed by atoms with E-state index in [9.17, 15) is 0 Å². The zero-order chi connectivity index (χ0) is 21.5. The Morgan fingerprint density at radius 2 is 2.00 bits per heavy atom. The van der Waals surface area contributed by atoms with E-state index in [1.54, 1.807) is 0 Å². The number of imidazole rings is 1. The molecule has 1 fully saturated rings. The smallest absolute Gasteiger partial charge is 0.230 e. The highest BCUT2D eigenvalue weighted by Crippen LogP contribution is 2.25. The molecule has 162 valence electrons. The van der Waals surface area contributed by atoms with E-state index in [-0.39, 0.29) is 6.04 Å². The van der Waals surface area contributed by atoms with E-state index < -0.39 is 0 Å². The molecule has 4 aromatic rings. The Bertz CT molecular complexity index is 1210. The Morgan fingerprint density at radius 1 is 1.19 bits per heavy atom. The second-order valence-corrected chi connectivity index (χ2v) is 8.66. The van der Waals surface area contributed by atoms with Gasteiger partial charge in [-0.05, 0) is 30.4 Å². The van der Waals surface area contributed by atoms with Crippen LogP contribution < -0.4 is 16.0 Å². The highest BCUT2D eigenvalue weighted by atomic mass is 15.4. The van der Waals surface area contributed by atoms with Crippen LogP contribution in [0.5, 0.6) is 0 Å². The van der Waals surface area contributed by atoms with Crippen molar-refractivity contribution in [3.8, 4) is 0 Å². The van der Waals surface area contributed by atoms with E-state index in [1.165, 1.54) is 0 Å². The first-order valence-electron chi connectivity index (χ1n) is 10.9. The van der Waals surface area contributed by atoms with Gasteiger partial charge in [0.2, 0.25) is 11.9 Å². The Kier molecular flexibility index (Phi) is 4.97. The fourth-order valence-electron chi connectivity index (χ4n) is 4.26. The number of rotatable bonds is 5. The molecule has 5 rings (SSSR count). The molecule has 0 unspecified atom stereocenters. The molecule has 4 heterocycles. The number of benzene rings is 1. The Hall–Kier alpha value is -3.20. The van der Waals surface area contributed by atoms with Crippen molar-refractivity contribution < 1.29 is 0 Å². The number of nitrogens with two attached hydrogens (primary N) is 1. The van der Waals surface area contributed by atoms with Crippen molar-refractivity contribution in [2.75, 3.05) is 23.3 Å².